The number of benzene rings is 1. The van der Waals surface area contributed by atoms with Crippen LogP contribution >= 0.6 is 15.9 Å². The van der Waals surface area contributed by atoms with E-state index in [0.717, 1.165) is 0 Å². The smallest absolute Gasteiger partial charge is 0.247 e. The minimum absolute atomic E-state index is 0.0738. The maximum absolute atomic E-state index is 12.9. The maximum atomic E-state index is 12.9. The number of aliphatic hydroxyl groups excluding tert-OH is 1. The molecular weight excluding hydrogens is 358 g/mol. The summed E-state index contributed by atoms with van der Waals surface area (Å²) < 4.78 is 33.0. The molecule has 0 bridgehead atoms. The van der Waals surface area contributed by atoms with Crippen LogP contribution in [0.2, 0.25) is 0 Å². The van der Waals surface area contributed by atoms with E-state index >= 15 is 0 Å². The predicted molar refractivity (Wildman–Crippen MR) is 86.0 cm³/mol. The third-order valence-corrected chi connectivity index (χ3v) is 5.85. The van der Waals surface area contributed by atoms with Crippen molar-refractivity contribution in [1.29, 1.82) is 0 Å². The van der Waals surface area contributed by atoms with E-state index < -0.39 is 10.0 Å². The third kappa shape index (κ3) is 4.18. The van der Waals surface area contributed by atoms with Gasteiger partial charge in [-0.2, -0.15) is 4.31 Å². The monoisotopic (exact) mass is 379 g/mol. The van der Waals surface area contributed by atoms with Gasteiger partial charge in [-0.05, 0) is 31.0 Å². The van der Waals surface area contributed by atoms with Crippen LogP contribution in [0.1, 0.15) is 26.7 Å². The molecule has 0 atom stereocenters. The van der Waals surface area contributed by atoms with Crippen molar-refractivity contribution >= 4 is 26.0 Å². The number of rotatable bonds is 8. The van der Waals surface area contributed by atoms with Crippen molar-refractivity contribution in [2.75, 3.05) is 20.3 Å². The molecule has 0 aliphatic heterocycles. The summed E-state index contributed by atoms with van der Waals surface area (Å²) in [4.78, 5) is 0.111. The average molecular weight is 380 g/mol. The lowest BCUT2D eigenvalue weighted by molar-refractivity contribution is 0.219. The van der Waals surface area contributed by atoms with Crippen LogP contribution in [0.5, 0.6) is 5.75 Å². The zero-order valence-corrected chi connectivity index (χ0v) is 14.9. The Morgan fingerprint density at radius 1 is 1.33 bits per heavy atom. The highest BCUT2D eigenvalue weighted by molar-refractivity contribution is 9.10. The van der Waals surface area contributed by atoms with Gasteiger partial charge in [0.15, 0.2) is 0 Å². The molecule has 5 nitrogen and oxygen atoms in total. The van der Waals surface area contributed by atoms with Gasteiger partial charge < -0.3 is 9.84 Å². The van der Waals surface area contributed by atoms with Gasteiger partial charge in [0.2, 0.25) is 10.0 Å². The van der Waals surface area contributed by atoms with Crippen molar-refractivity contribution < 1.29 is 18.3 Å². The first kappa shape index (κ1) is 18.4. The molecule has 0 aliphatic carbocycles. The summed E-state index contributed by atoms with van der Waals surface area (Å²) in [5, 5.41) is 9.22. The Morgan fingerprint density at radius 3 is 2.43 bits per heavy atom. The molecule has 7 heteroatoms. The highest BCUT2D eigenvalue weighted by Crippen LogP contribution is 2.31. The third-order valence-electron chi connectivity index (χ3n) is 3.38. The first-order chi connectivity index (χ1) is 9.92. The SMILES string of the molecule is CCC(CC)N(CCO)S(=O)(=O)c1cc(Br)ccc1OC. The normalized spacial score (nSPS) is 12.1. The van der Waals surface area contributed by atoms with E-state index in [1.807, 2.05) is 13.8 Å². The standard InChI is InChI=1S/C14H22BrNO4S/c1-4-12(5-2)16(8-9-17)21(18,19)14-10-11(15)6-7-13(14)20-3/h6-7,10,12,17H,4-5,8-9H2,1-3H3. The Kier molecular flexibility index (Phi) is 7.12. The molecule has 1 rings (SSSR count). The number of sulfonamides is 1. The first-order valence-corrected chi connectivity index (χ1v) is 9.11. The number of hydrogen-bond donors (Lipinski definition) is 1. The molecule has 1 aromatic rings. The summed E-state index contributed by atoms with van der Waals surface area (Å²) >= 11 is 3.29. The highest BCUT2D eigenvalue weighted by atomic mass is 79.9. The van der Waals surface area contributed by atoms with Crippen molar-refractivity contribution in [3.05, 3.63) is 22.7 Å². The van der Waals surface area contributed by atoms with Gasteiger partial charge in [0.25, 0.3) is 0 Å². The molecule has 0 amide bonds. The molecular formula is C14H22BrNO4S. The number of nitrogens with zero attached hydrogens (tertiary/aromatic N) is 1. The fourth-order valence-corrected chi connectivity index (χ4v) is 4.73. The van der Waals surface area contributed by atoms with Gasteiger partial charge in [0.1, 0.15) is 10.6 Å². The van der Waals surface area contributed by atoms with E-state index in [0.29, 0.717) is 23.1 Å². The molecule has 0 saturated heterocycles. The van der Waals surface area contributed by atoms with Crippen LogP contribution in [-0.2, 0) is 10.0 Å². The average Bonchev–Trinajstić information content (AvgIpc) is 2.47. The minimum Gasteiger partial charge on any atom is -0.495 e. The van der Waals surface area contributed by atoms with Crippen LogP contribution in [0, 0.1) is 0 Å². The van der Waals surface area contributed by atoms with Crippen LogP contribution in [0.15, 0.2) is 27.6 Å². The quantitative estimate of drug-likeness (QED) is 0.753. The summed E-state index contributed by atoms with van der Waals surface area (Å²) in [6, 6.07) is 4.72. The Morgan fingerprint density at radius 2 is 1.95 bits per heavy atom. The molecule has 0 saturated carbocycles. The van der Waals surface area contributed by atoms with Crippen molar-refractivity contribution in [2.45, 2.75) is 37.6 Å². The Balaban J connectivity index is 3.38. The molecule has 0 fully saturated rings. The van der Waals surface area contributed by atoms with Gasteiger partial charge in [-0.15, -0.1) is 0 Å². The Labute approximate surface area is 135 Å². The lowest BCUT2D eigenvalue weighted by Crippen LogP contribution is -2.41. The zero-order valence-electron chi connectivity index (χ0n) is 12.5. The van der Waals surface area contributed by atoms with Crippen LogP contribution in [0.4, 0.5) is 0 Å². The van der Waals surface area contributed by atoms with E-state index in [4.69, 9.17) is 4.74 Å². The number of aliphatic hydroxyl groups is 1. The molecule has 0 unspecified atom stereocenters. The maximum Gasteiger partial charge on any atom is 0.247 e. The van der Waals surface area contributed by atoms with Gasteiger partial charge in [-0.3, -0.25) is 0 Å². The van der Waals surface area contributed by atoms with E-state index in [9.17, 15) is 13.5 Å². The second kappa shape index (κ2) is 8.12. The van der Waals surface area contributed by atoms with Crippen molar-refractivity contribution in [3.8, 4) is 5.75 Å². The van der Waals surface area contributed by atoms with E-state index in [-0.39, 0.29) is 24.1 Å². The molecule has 21 heavy (non-hydrogen) atoms. The van der Waals surface area contributed by atoms with Gasteiger partial charge in [0.05, 0.1) is 13.7 Å². The lowest BCUT2D eigenvalue weighted by Gasteiger charge is -2.29. The van der Waals surface area contributed by atoms with Crippen molar-refractivity contribution in [1.82, 2.24) is 4.31 Å². The molecule has 0 aliphatic rings. The number of methoxy groups -OCH3 is 1. The fraction of sp³-hybridized carbons (Fsp3) is 0.571. The zero-order chi connectivity index (χ0) is 16.0. The van der Waals surface area contributed by atoms with Gasteiger partial charge >= 0.3 is 0 Å². The summed E-state index contributed by atoms with van der Waals surface area (Å²) in [5.74, 6) is 0.298. The second-order valence-electron chi connectivity index (χ2n) is 4.60. The Bertz CT molecular complexity index is 558. The lowest BCUT2D eigenvalue weighted by atomic mass is 10.2. The summed E-state index contributed by atoms with van der Waals surface area (Å²) in [6.45, 7) is 3.73. The fourth-order valence-electron chi connectivity index (χ4n) is 2.27. The van der Waals surface area contributed by atoms with Gasteiger partial charge in [-0.1, -0.05) is 29.8 Å². The van der Waals surface area contributed by atoms with E-state index in [2.05, 4.69) is 15.9 Å². The van der Waals surface area contributed by atoms with Crippen LogP contribution in [-0.4, -0.2) is 44.1 Å². The van der Waals surface area contributed by atoms with Gasteiger partial charge in [-0.25, -0.2) is 8.42 Å². The van der Waals surface area contributed by atoms with Crippen molar-refractivity contribution in [3.63, 3.8) is 0 Å². The largest absolute Gasteiger partial charge is 0.495 e. The van der Waals surface area contributed by atoms with Crippen LogP contribution in [0.25, 0.3) is 0 Å². The van der Waals surface area contributed by atoms with Gasteiger partial charge in [0, 0.05) is 17.1 Å². The molecule has 120 valence electrons. The molecule has 0 radical (unpaired) electrons. The molecule has 1 aromatic carbocycles. The summed E-state index contributed by atoms with van der Waals surface area (Å²) in [5.41, 5.74) is 0. The predicted octanol–water partition coefficient (Wildman–Crippen LogP) is 2.63. The topological polar surface area (TPSA) is 66.8 Å². The first-order valence-electron chi connectivity index (χ1n) is 6.88. The molecule has 0 heterocycles. The summed E-state index contributed by atoms with van der Waals surface area (Å²) in [6.07, 6.45) is 1.37. The van der Waals surface area contributed by atoms with Crippen molar-refractivity contribution in [2.24, 2.45) is 0 Å². The number of halogens is 1. The highest BCUT2D eigenvalue weighted by Gasteiger charge is 2.31. The Hall–Kier alpha value is -0.630. The molecule has 0 spiro atoms. The van der Waals surface area contributed by atoms with Crippen LogP contribution in [0.3, 0.4) is 0 Å². The number of hydrogen-bond acceptors (Lipinski definition) is 4. The minimum atomic E-state index is -3.73. The molecule has 1 N–H and O–H groups in total. The molecule has 0 aromatic heterocycles. The summed E-state index contributed by atoms with van der Waals surface area (Å²) in [7, 11) is -2.29. The van der Waals surface area contributed by atoms with Crippen LogP contribution < -0.4 is 4.74 Å². The van der Waals surface area contributed by atoms with E-state index in [1.54, 1.807) is 12.1 Å². The second-order valence-corrected chi connectivity index (χ2v) is 7.38. The van der Waals surface area contributed by atoms with E-state index in [1.165, 1.54) is 17.5 Å². The number of ether oxygens (including phenoxy) is 1.